The molecule has 22 heavy (non-hydrogen) atoms. The zero-order valence-electron chi connectivity index (χ0n) is 12.1. The van der Waals surface area contributed by atoms with E-state index < -0.39 is 12.1 Å². The van der Waals surface area contributed by atoms with E-state index in [-0.39, 0.29) is 12.4 Å². The Morgan fingerprint density at radius 3 is 2.36 bits per heavy atom. The van der Waals surface area contributed by atoms with Gasteiger partial charge in [0.1, 0.15) is 6.61 Å². The van der Waals surface area contributed by atoms with Gasteiger partial charge in [0.05, 0.1) is 6.04 Å². The summed E-state index contributed by atoms with van der Waals surface area (Å²) in [6, 6.07) is 15.2. The average molecular weight is 318 g/mol. The number of rotatable bonds is 5. The van der Waals surface area contributed by atoms with Crippen molar-refractivity contribution < 1.29 is 14.3 Å². The molecule has 4 nitrogen and oxygen atoms in total. The van der Waals surface area contributed by atoms with Crippen molar-refractivity contribution >= 4 is 23.5 Å². The Balaban J connectivity index is 1.85. The van der Waals surface area contributed by atoms with Crippen molar-refractivity contribution in [1.29, 1.82) is 0 Å². The number of benzene rings is 2. The zero-order valence-corrected chi connectivity index (χ0v) is 12.8. The van der Waals surface area contributed by atoms with Crippen LogP contribution >= 0.6 is 11.6 Å². The first-order chi connectivity index (χ1) is 10.6. The summed E-state index contributed by atoms with van der Waals surface area (Å²) in [5.41, 5.74) is 1.37. The highest BCUT2D eigenvalue weighted by molar-refractivity contribution is 6.30. The molecule has 0 aliphatic heterocycles. The zero-order chi connectivity index (χ0) is 15.9. The lowest BCUT2D eigenvalue weighted by molar-refractivity contribution is 0.0926. The fourth-order valence-corrected chi connectivity index (χ4v) is 2.00. The Morgan fingerprint density at radius 1 is 1.09 bits per heavy atom. The first-order valence-electron chi connectivity index (χ1n) is 6.83. The smallest absolute Gasteiger partial charge is 0.408 e. The van der Waals surface area contributed by atoms with Crippen LogP contribution in [0.15, 0.2) is 54.6 Å². The van der Waals surface area contributed by atoms with E-state index >= 15 is 0 Å². The average Bonchev–Trinajstić information content (AvgIpc) is 2.54. The second-order valence-corrected chi connectivity index (χ2v) is 5.24. The van der Waals surface area contributed by atoms with Crippen LogP contribution in [0.25, 0.3) is 0 Å². The van der Waals surface area contributed by atoms with Gasteiger partial charge in [-0.1, -0.05) is 41.9 Å². The van der Waals surface area contributed by atoms with Gasteiger partial charge < -0.3 is 10.1 Å². The van der Waals surface area contributed by atoms with Gasteiger partial charge in [-0.05, 0) is 36.8 Å². The number of halogens is 1. The number of hydrogen-bond donors (Lipinski definition) is 1. The third-order valence-corrected chi connectivity index (χ3v) is 3.32. The molecule has 0 aromatic heterocycles. The van der Waals surface area contributed by atoms with E-state index in [0.717, 1.165) is 5.56 Å². The van der Waals surface area contributed by atoms with Crippen LogP contribution in [-0.2, 0) is 11.3 Å². The van der Waals surface area contributed by atoms with Gasteiger partial charge in [-0.15, -0.1) is 0 Å². The summed E-state index contributed by atoms with van der Waals surface area (Å²) in [6.45, 7) is 1.77. The molecule has 1 N–H and O–H groups in total. The molecule has 0 aliphatic carbocycles. The first-order valence-corrected chi connectivity index (χ1v) is 7.21. The van der Waals surface area contributed by atoms with Gasteiger partial charge >= 0.3 is 6.09 Å². The Morgan fingerprint density at radius 2 is 1.73 bits per heavy atom. The summed E-state index contributed by atoms with van der Waals surface area (Å²) in [4.78, 5) is 23.9. The number of nitrogens with one attached hydrogen (secondary N) is 1. The van der Waals surface area contributed by atoms with Crippen molar-refractivity contribution in [3.63, 3.8) is 0 Å². The molecule has 1 amide bonds. The lowest BCUT2D eigenvalue weighted by Crippen LogP contribution is -2.38. The molecule has 0 aliphatic rings. The van der Waals surface area contributed by atoms with Crippen LogP contribution in [0.4, 0.5) is 4.79 Å². The molecule has 1 atom stereocenters. The fourth-order valence-electron chi connectivity index (χ4n) is 1.87. The predicted octanol–water partition coefficient (Wildman–Crippen LogP) is 3.84. The van der Waals surface area contributed by atoms with Gasteiger partial charge in [0.2, 0.25) is 0 Å². The molecule has 2 aromatic rings. The van der Waals surface area contributed by atoms with E-state index in [0.29, 0.717) is 10.6 Å². The molecular formula is C17H16ClNO3. The summed E-state index contributed by atoms with van der Waals surface area (Å²) < 4.78 is 5.08. The fraction of sp³-hybridized carbons (Fsp3) is 0.176. The van der Waals surface area contributed by atoms with Crippen LogP contribution in [0.2, 0.25) is 5.02 Å². The Labute approximate surface area is 134 Å². The first kappa shape index (κ1) is 16.0. The van der Waals surface area contributed by atoms with Crippen molar-refractivity contribution in [2.45, 2.75) is 19.6 Å². The Kier molecular flexibility index (Phi) is 5.55. The molecule has 5 heteroatoms. The maximum absolute atomic E-state index is 12.2. The summed E-state index contributed by atoms with van der Waals surface area (Å²) in [7, 11) is 0. The van der Waals surface area contributed by atoms with E-state index in [2.05, 4.69) is 5.32 Å². The van der Waals surface area contributed by atoms with Crippen molar-refractivity contribution in [2.24, 2.45) is 0 Å². The number of ketones is 1. The molecule has 2 rings (SSSR count). The van der Waals surface area contributed by atoms with Crippen LogP contribution < -0.4 is 5.32 Å². The minimum atomic E-state index is -0.676. The largest absolute Gasteiger partial charge is 0.445 e. The van der Waals surface area contributed by atoms with E-state index in [1.165, 1.54) is 0 Å². The van der Waals surface area contributed by atoms with E-state index in [9.17, 15) is 9.59 Å². The number of alkyl carbamates (subject to hydrolysis) is 1. The maximum atomic E-state index is 12.2. The monoisotopic (exact) mass is 317 g/mol. The highest BCUT2D eigenvalue weighted by Gasteiger charge is 2.18. The van der Waals surface area contributed by atoms with Gasteiger partial charge in [0.15, 0.2) is 5.78 Å². The predicted molar refractivity (Wildman–Crippen MR) is 85.0 cm³/mol. The number of hydrogen-bond acceptors (Lipinski definition) is 3. The van der Waals surface area contributed by atoms with Crippen molar-refractivity contribution in [1.82, 2.24) is 5.32 Å². The van der Waals surface area contributed by atoms with Gasteiger partial charge in [-0.2, -0.15) is 0 Å². The van der Waals surface area contributed by atoms with Crippen LogP contribution in [0.5, 0.6) is 0 Å². The van der Waals surface area contributed by atoms with E-state index in [4.69, 9.17) is 16.3 Å². The molecule has 114 valence electrons. The molecule has 0 heterocycles. The van der Waals surface area contributed by atoms with Crippen LogP contribution in [-0.4, -0.2) is 17.9 Å². The third-order valence-electron chi connectivity index (χ3n) is 3.07. The molecule has 0 saturated carbocycles. The van der Waals surface area contributed by atoms with Gasteiger partial charge in [-0.3, -0.25) is 4.79 Å². The maximum Gasteiger partial charge on any atom is 0.408 e. The second kappa shape index (κ2) is 7.61. The SMILES string of the molecule is C[C@@H](NC(=O)OCc1ccccc1)C(=O)c1ccc(Cl)cc1. The Bertz CT molecular complexity index is 641. The number of carbonyl (C=O) groups is 2. The standard InChI is InChI=1S/C17H16ClNO3/c1-12(16(20)14-7-9-15(18)10-8-14)19-17(21)22-11-13-5-3-2-4-6-13/h2-10,12H,11H2,1H3,(H,19,21)/t12-/m1/s1. The van der Waals surface area contributed by atoms with E-state index in [1.54, 1.807) is 31.2 Å². The molecule has 0 spiro atoms. The number of ether oxygens (including phenoxy) is 1. The lowest BCUT2D eigenvalue weighted by Gasteiger charge is -2.13. The summed E-state index contributed by atoms with van der Waals surface area (Å²) >= 11 is 5.78. The number of Topliss-reactive ketones (excluding diaryl/α,β-unsaturated/α-hetero) is 1. The lowest BCUT2D eigenvalue weighted by atomic mass is 10.1. The van der Waals surface area contributed by atoms with Gasteiger partial charge in [-0.25, -0.2) is 4.79 Å². The highest BCUT2D eigenvalue weighted by Crippen LogP contribution is 2.11. The molecule has 0 bridgehead atoms. The molecule has 0 fully saturated rings. The molecular weight excluding hydrogens is 302 g/mol. The number of carbonyl (C=O) groups excluding carboxylic acids is 2. The third kappa shape index (κ3) is 4.60. The summed E-state index contributed by atoms with van der Waals surface area (Å²) in [5.74, 6) is -0.201. The van der Waals surface area contributed by atoms with Crippen LogP contribution in [0.1, 0.15) is 22.8 Å². The minimum Gasteiger partial charge on any atom is -0.445 e. The molecule has 0 unspecified atom stereocenters. The highest BCUT2D eigenvalue weighted by atomic mass is 35.5. The topological polar surface area (TPSA) is 55.4 Å². The van der Waals surface area contributed by atoms with Crippen LogP contribution in [0, 0.1) is 0 Å². The summed E-state index contributed by atoms with van der Waals surface area (Å²) in [6.07, 6.45) is -0.626. The second-order valence-electron chi connectivity index (χ2n) is 4.80. The van der Waals surface area contributed by atoms with E-state index in [1.807, 2.05) is 30.3 Å². The van der Waals surface area contributed by atoms with Gasteiger partial charge in [0.25, 0.3) is 0 Å². The van der Waals surface area contributed by atoms with Crippen molar-refractivity contribution in [2.75, 3.05) is 0 Å². The minimum absolute atomic E-state index is 0.161. The quantitative estimate of drug-likeness (QED) is 0.852. The van der Waals surface area contributed by atoms with Gasteiger partial charge in [0, 0.05) is 10.6 Å². The molecule has 0 saturated heterocycles. The molecule has 0 radical (unpaired) electrons. The van der Waals surface area contributed by atoms with Crippen molar-refractivity contribution in [3.8, 4) is 0 Å². The molecule has 2 aromatic carbocycles. The van der Waals surface area contributed by atoms with Crippen LogP contribution in [0.3, 0.4) is 0 Å². The number of amides is 1. The summed E-state index contributed by atoms with van der Waals surface area (Å²) in [5, 5.41) is 3.07. The van der Waals surface area contributed by atoms with Crippen molar-refractivity contribution in [3.05, 3.63) is 70.7 Å². The Hall–Kier alpha value is -2.33. The normalized spacial score (nSPS) is 11.5.